The number of nitrogens with two attached hydrogens (primary N) is 1. The van der Waals surface area contributed by atoms with Gasteiger partial charge in [-0.15, -0.1) is 0 Å². The van der Waals surface area contributed by atoms with Crippen LogP contribution in [0.5, 0.6) is 0 Å². The topological polar surface area (TPSA) is 66.6 Å². The Bertz CT molecular complexity index is 679. The van der Waals surface area contributed by atoms with Crippen LogP contribution in [0.4, 0.5) is 5.69 Å². The largest absolute Gasteiger partial charge is 0.386 e. The number of hydrogen-bond donors (Lipinski definition) is 2. The van der Waals surface area contributed by atoms with Crippen molar-refractivity contribution in [3.05, 3.63) is 63.6 Å². The van der Waals surface area contributed by atoms with Crippen molar-refractivity contribution in [2.45, 2.75) is 12.1 Å². The van der Waals surface area contributed by atoms with Gasteiger partial charge in [-0.25, -0.2) is 0 Å². The summed E-state index contributed by atoms with van der Waals surface area (Å²) in [6.45, 7) is 0.101. The van der Waals surface area contributed by atoms with Crippen molar-refractivity contribution in [1.82, 2.24) is 0 Å². The molecule has 2 aromatic rings. The lowest BCUT2D eigenvalue weighted by Gasteiger charge is -2.23. The van der Waals surface area contributed by atoms with Crippen LogP contribution in [0.3, 0.4) is 0 Å². The Morgan fingerprint density at radius 1 is 1.26 bits per heavy atom. The first-order chi connectivity index (χ1) is 10.9. The second kappa shape index (κ2) is 7.93. The quantitative estimate of drug-likeness (QED) is 0.786. The highest BCUT2D eigenvalue weighted by atomic mass is 79.9. The van der Waals surface area contributed by atoms with E-state index in [4.69, 9.17) is 17.3 Å². The first-order valence-electron chi connectivity index (χ1n) is 7.07. The third-order valence-corrected chi connectivity index (χ3v) is 4.57. The highest BCUT2D eigenvalue weighted by Crippen LogP contribution is 2.25. The number of anilines is 1. The molecule has 0 amide bonds. The minimum absolute atomic E-state index is 0.101. The lowest BCUT2D eigenvalue weighted by molar-refractivity contribution is -0.121. The summed E-state index contributed by atoms with van der Waals surface area (Å²) >= 11 is 9.21. The molecule has 0 bridgehead atoms. The fraction of sp³-hybridized carbons (Fsp3) is 0.235. The van der Waals surface area contributed by atoms with Crippen LogP contribution < -0.4 is 10.6 Å². The second-order valence-corrected chi connectivity index (χ2v) is 6.58. The van der Waals surface area contributed by atoms with Crippen molar-refractivity contribution < 1.29 is 9.90 Å². The SMILES string of the molecule is CN(CC(=O)C(N)C(O)c1ccccc1Br)c1ccc(Cl)cc1. The van der Waals surface area contributed by atoms with E-state index in [0.717, 1.165) is 10.2 Å². The Labute approximate surface area is 149 Å². The Hall–Kier alpha value is -1.40. The van der Waals surface area contributed by atoms with Crippen molar-refractivity contribution in [3.63, 3.8) is 0 Å². The van der Waals surface area contributed by atoms with E-state index in [9.17, 15) is 9.90 Å². The number of hydrogen-bond acceptors (Lipinski definition) is 4. The smallest absolute Gasteiger partial charge is 0.171 e. The van der Waals surface area contributed by atoms with Gasteiger partial charge >= 0.3 is 0 Å². The summed E-state index contributed by atoms with van der Waals surface area (Å²) in [5, 5.41) is 11.0. The Morgan fingerprint density at radius 3 is 2.48 bits per heavy atom. The molecule has 0 fully saturated rings. The van der Waals surface area contributed by atoms with Gasteiger partial charge in [-0.1, -0.05) is 45.7 Å². The molecule has 2 unspecified atom stereocenters. The van der Waals surface area contributed by atoms with Crippen LogP contribution in [-0.2, 0) is 4.79 Å². The maximum atomic E-state index is 12.4. The number of likely N-dealkylation sites (N-methyl/N-ethyl adjacent to an activating group) is 1. The molecular weight excluding hydrogens is 380 g/mol. The van der Waals surface area contributed by atoms with E-state index >= 15 is 0 Å². The lowest BCUT2D eigenvalue weighted by Crippen LogP contribution is -2.42. The van der Waals surface area contributed by atoms with E-state index in [1.165, 1.54) is 0 Å². The zero-order valence-electron chi connectivity index (χ0n) is 12.6. The molecule has 4 nitrogen and oxygen atoms in total. The van der Waals surface area contributed by atoms with Gasteiger partial charge in [0.1, 0.15) is 6.10 Å². The zero-order chi connectivity index (χ0) is 17.0. The normalized spacial score (nSPS) is 13.4. The van der Waals surface area contributed by atoms with Crippen molar-refractivity contribution >= 4 is 39.0 Å². The lowest BCUT2D eigenvalue weighted by atomic mass is 9.99. The summed E-state index contributed by atoms with van der Waals surface area (Å²) in [4.78, 5) is 14.1. The zero-order valence-corrected chi connectivity index (χ0v) is 15.0. The van der Waals surface area contributed by atoms with Crippen molar-refractivity contribution in [2.24, 2.45) is 5.73 Å². The fourth-order valence-corrected chi connectivity index (χ4v) is 2.86. The van der Waals surface area contributed by atoms with E-state index in [-0.39, 0.29) is 12.3 Å². The number of aliphatic hydroxyl groups excluding tert-OH is 1. The minimum Gasteiger partial charge on any atom is -0.386 e. The van der Waals surface area contributed by atoms with Gasteiger partial charge in [0.25, 0.3) is 0 Å². The number of carbonyl (C=O) groups is 1. The van der Waals surface area contributed by atoms with Crippen molar-refractivity contribution in [2.75, 3.05) is 18.5 Å². The molecule has 2 atom stereocenters. The molecule has 0 radical (unpaired) electrons. The molecule has 23 heavy (non-hydrogen) atoms. The summed E-state index contributed by atoms with van der Waals surface area (Å²) in [6.07, 6.45) is -1.06. The molecule has 3 N–H and O–H groups in total. The average Bonchev–Trinajstić information content (AvgIpc) is 2.54. The Kier molecular flexibility index (Phi) is 6.18. The molecule has 2 rings (SSSR count). The van der Waals surface area contributed by atoms with Crippen LogP contribution >= 0.6 is 27.5 Å². The van der Waals surface area contributed by atoms with E-state index in [0.29, 0.717) is 10.6 Å². The molecule has 2 aromatic carbocycles. The first-order valence-corrected chi connectivity index (χ1v) is 8.24. The predicted octanol–water partition coefficient (Wildman–Crippen LogP) is 3.17. The molecule has 0 saturated carbocycles. The van der Waals surface area contributed by atoms with Crippen LogP contribution in [-0.4, -0.2) is 30.5 Å². The predicted molar refractivity (Wildman–Crippen MR) is 96.8 cm³/mol. The number of benzene rings is 2. The molecule has 0 saturated heterocycles. The van der Waals surface area contributed by atoms with Gasteiger partial charge in [0.05, 0.1) is 12.6 Å². The maximum Gasteiger partial charge on any atom is 0.171 e. The second-order valence-electron chi connectivity index (χ2n) is 5.29. The summed E-state index contributed by atoms with van der Waals surface area (Å²) < 4.78 is 0.724. The highest BCUT2D eigenvalue weighted by Gasteiger charge is 2.26. The number of ketones is 1. The standard InChI is InChI=1S/C17H18BrClN2O2/c1-21(12-8-6-11(19)7-9-12)10-15(22)16(20)17(23)13-4-2-3-5-14(13)18/h2-9,16-17,23H,10,20H2,1H3. The molecule has 0 aliphatic heterocycles. The van der Waals surface area contributed by atoms with E-state index in [1.54, 1.807) is 42.3 Å². The number of carbonyl (C=O) groups excluding carboxylic acids is 1. The molecule has 6 heteroatoms. The van der Waals surface area contributed by atoms with Gasteiger partial charge < -0.3 is 15.7 Å². The number of halogens is 2. The summed E-state index contributed by atoms with van der Waals surface area (Å²) in [5.41, 5.74) is 7.40. The van der Waals surface area contributed by atoms with E-state index in [2.05, 4.69) is 15.9 Å². The number of Topliss-reactive ketones (excluding diaryl/α,β-unsaturated/α-hetero) is 1. The summed E-state index contributed by atoms with van der Waals surface area (Å²) in [7, 11) is 1.79. The van der Waals surface area contributed by atoms with Gasteiger partial charge in [-0.2, -0.15) is 0 Å². The van der Waals surface area contributed by atoms with Crippen LogP contribution in [0.1, 0.15) is 11.7 Å². The fourth-order valence-electron chi connectivity index (χ4n) is 2.21. The van der Waals surface area contributed by atoms with Crippen molar-refractivity contribution in [1.29, 1.82) is 0 Å². The third kappa shape index (κ3) is 4.54. The van der Waals surface area contributed by atoms with Gasteiger partial charge in [0, 0.05) is 22.2 Å². The molecular formula is C17H18BrClN2O2. The summed E-state index contributed by atoms with van der Waals surface area (Å²) in [5.74, 6) is -0.245. The summed E-state index contributed by atoms with van der Waals surface area (Å²) in [6, 6.07) is 13.3. The van der Waals surface area contributed by atoms with Gasteiger partial charge in [-0.05, 0) is 35.9 Å². The van der Waals surface area contributed by atoms with Crippen LogP contribution in [0, 0.1) is 0 Å². The molecule has 0 aliphatic rings. The highest BCUT2D eigenvalue weighted by molar-refractivity contribution is 9.10. The Morgan fingerprint density at radius 2 is 1.87 bits per heavy atom. The minimum atomic E-state index is -1.06. The average molecular weight is 398 g/mol. The molecule has 0 aromatic heterocycles. The third-order valence-electron chi connectivity index (χ3n) is 3.60. The molecule has 122 valence electrons. The number of rotatable bonds is 6. The van der Waals surface area contributed by atoms with Crippen LogP contribution in [0.25, 0.3) is 0 Å². The number of aliphatic hydroxyl groups is 1. The maximum absolute atomic E-state index is 12.4. The van der Waals surface area contributed by atoms with Crippen LogP contribution in [0.2, 0.25) is 5.02 Å². The molecule has 0 spiro atoms. The van der Waals surface area contributed by atoms with E-state index < -0.39 is 12.1 Å². The Balaban J connectivity index is 2.04. The van der Waals surface area contributed by atoms with Gasteiger partial charge in [-0.3, -0.25) is 4.79 Å². The van der Waals surface area contributed by atoms with Gasteiger partial charge in [0.15, 0.2) is 5.78 Å². The van der Waals surface area contributed by atoms with Gasteiger partial charge in [0.2, 0.25) is 0 Å². The number of nitrogens with zero attached hydrogens (tertiary/aromatic N) is 1. The molecule has 0 aliphatic carbocycles. The first kappa shape index (κ1) is 17.9. The van der Waals surface area contributed by atoms with E-state index in [1.807, 2.05) is 18.2 Å². The van der Waals surface area contributed by atoms with Crippen LogP contribution in [0.15, 0.2) is 53.0 Å². The molecule has 0 heterocycles. The monoisotopic (exact) mass is 396 g/mol. The van der Waals surface area contributed by atoms with Crippen molar-refractivity contribution in [3.8, 4) is 0 Å².